The Morgan fingerprint density at radius 2 is 1.89 bits per heavy atom. The zero-order valence-corrected chi connectivity index (χ0v) is 15.7. The van der Waals surface area contributed by atoms with E-state index in [0.29, 0.717) is 0 Å². The Hall–Kier alpha value is -2.57. The van der Waals surface area contributed by atoms with Crippen molar-refractivity contribution >= 4 is 17.4 Å². The van der Waals surface area contributed by atoms with E-state index in [1.165, 1.54) is 12.1 Å². The smallest absolute Gasteiger partial charge is 0.269 e. The van der Waals surface area contributed by atoms with Crippen LogP contribution in [0.2, 0.25) is 0 Å². The van der Waals surface area contributed by atoms with E-state index < -0.39 is 0 Å². The maximum Gasteiger partial charge on any atom is 0.269 e. The van der Waals surface area contributed by atoms with Gasteiger partial charge < -0.3 is 9.15 Å². The highest BCUT2D eigenvalue weighted by Gasteiger charge is 2.31. The molecule has 1 aliphatic rings. The zero-order chi connectivity index (χ0) is 18.8. The third-order valence-electron chi connectivity index (χ3n) is 4.76. The van der Waals surface area contributed by atoms with Crippen molar-refractivity contribution in [1.29, 1.82) is 0 Å². The van der Waals surface area contributed by atoms with Gasteiger partial charge in [0.1, 0.15) is 11.5 Å². The van der Waals surface area contributed by atoms with Crippen LogP contribution >= 0.6 is 11.8 Å². The van der Waals surface area contributed by atoms with E-state index >= 15 is 0 Å². The standard InChI is InChI=1S/C21H19NO4S/c1-25-17-8-5-9-18-19(17)21(20(26-18)14-6-3-2-4-7-14)27-16-12-10-15(11-13-16)22(23)24/h2-4,6-7,10-13,17H,5,8-9H2,1H3. The van der Waals surface area contributed by atoms with Crippen LogP contribution in [0.1, 0.15) is 30.3 Å². The van der Waals surface area contributed by atoms with Crippen molar-refractivity contribution in [2.75, 3.05) is 7.11 Å². The van der Waals surface area contributed by atoms with Crippen molar-refractivity contribution in [3.05, 3.63) is 76.0 Å². The van der Waals surface area contributed by atoms with E-state index in [2.05, 4.69) is 0 Å². The van der Waals surface area contributed by atoms with Gasteiger partial charge in [-0.1, -0.05) is 42.1 Å². The number of methoxy groups -OCH3 is 1. The average molecular weight is 381 g/mol. The molecule has 0 radical (unpaired) electrons. The molecule has 0 saturated carbocycles. The molecule has 1 heterocycles. The van der Waals surface area contributed by atoms with E-state index in [1.54, 1.807) is 31.0 Å². The van der Waals surface area contributed by atoms with Gasteiger partial charge in [0.2, 0.25) is 0 Å². The minimum Gasteiger partial charge on any atom is -0.459 e. The molecule has 3 aromatic rings. The molecule has 0 bridgehead atoms. The van der Waals surface area contributed by atoms with Crippen LogP contribution in [0.3, 0.4) is 0 Å². The summed E-state index contributed by atoms with van der Waals surface area (Å²) in [6, 6.07) is 16.7. The summed E-state index contributed by atoms with van der Waals surface area (Å²) < 4.78 is 12.0. The zero-order valence-electron chi connectivity index (χ0n) is 14.9. The number of furan rings is 1. The second kappa shape index (κ2) is 7.58. The molecule has 4 rings (SSSR count). The minimum atomic E-state index is -0.384. The Balaban J connectivity index is 1.79. The lowest BCUT2D eigenvalue weighted by Gasteiger charge is -2.21. The summed E-state index contributed by atoms with van der Waals surface area (Å²) in [5.41, 5.74) is 2.23. The van der Waals surface area contributed by atoms with Crippen LogP contribution in [-0.2, 0) is 11.2 Å². The molecule has 0 fully saturated rings. The van der Waals surface area contributed by atoms with Gasteiger partial charge in [0, 0.05) is 41.7 Å². The van der Waals surface area contributed by atoms with Crippen molar-refractivity contribution in [2.24, 2.45) is 0 Å². The van der Waals surface area contributed by atoms with Crippen LogP contribution in [0.25, 0.3) is 11.3 Å². The fraction of sp³-hybridized carbons (Fsp3) is 0.238. The monoisotopic (exact) mass is 381 g/mol. The molecule has 2 aromatic carbocycles. The Morgan fingerprint density at radius 1 is 1.15 bits per heavy atom. The van der Waals surface area contributed by atoms with E-state index in [0.717, 1.165) is 51.7 Å². The molecule has 1 aromatic heterocycles. The molecule has 1 aliphatic carbocycles. The van der Waals surface area contributed by atoms with Gasteiger partial charge in [0.15, 0.2) is 0 Å². The van der Waals surface area contributed by atoms with E-state index in [-0.39, 0.29) is 16.7 Å². The van der Waals surface area contributed by atoms with Gasteiger partial charge in [-0.3, -0.25) is 10.1 Å². The topological polar surface area (TPSA) is 65.5 Å². The fourth-order valence-corrected chi connectivity index (χ4v) is 4.56. The molecule has 0 aliphatic heterocycles. The SMILES string of the molecule is COC1CCCc2oc(-c3ccccc3)c(Sc3ccc([N+](=O)[O-])cc3)c21. The van der Waals surface area contributed by atoms with Crippen LogP contribution in [0.5, 0.6) is 0 Å². The number of nitro benzene ring substituents is 1. The summed E-state index contributed by atoms with van der Waals surface area (Å²) in [6.07, 6.45) is 2.91. The molecule has 0 saturated heterocycles. The van der Waals surface area contributed by atoms with E-state index in [1.807, 2.05) is 30.3 Å². The van der Waals surface area contributed by atoms with Crippen molar-refractivity contribution < 1.29 is 14.1 Å². The molecular weight excluding hydrogens is 362 g/mol. The predicted molar refractivity (Wildman–Crippen MR) is 104 cm³/mol. The third kappa shape index (κ3) is 3.50. The Labute approximate surface area is 161 Å². The molecule has 0 N–H and O–H groups in total. The maximum atomic E-state index is 10.9. The van der Waals surface area contributed by atoms with Gasteiger partial charge in [0.25, 0.3) is 5.69 Å². The number of rotatable bonds is 5. The first-order valence-corrected chi connectivity index (χ1v) is 9.65. The van der Waals surface area contributed by atoms with Crippen LogP contribution in [0, 0.1) is 10.1 Å². The number of hydrogen-bond donors (Lipinski definition) is 0. The molecule has 27 heavy (non-hydrogen) atoms. The maximum absolute atomic E-state index is 10.9. The van der Waals surface area contributed by atoms with Gasteiger partial charge in [-0.25, -0.2) is 0 Å². The summed E-state index contributed by atoms with van der Waals surface area (Å²) in [5.74, 6) is 1.82. The highest BCUT2D eigenvalue weighted by Crippen LogP contribution is 2.48. The Kier molecular flexibility index (Phi) is 5.01. The van der Waals surface area contributed by atoms with Crippen LogP contribution in [0.4, 0.5) is 5.69 Å². The summed E-state index contributed by atoms with van der Waals surface area (Å²) in [6.45, 7) is 0. The van der Waals surface area contributed by atoms with Crippen molar-refractivity contribution in [2.45, 2.75) is 35.2 Å². The number of benzene rings is 2. The number of ether oxygens (including phenoxy) is 1. The lowest BCUT2D eigenvalue weighted by atomic mass is 9.95. The van der Waals surface area contributed by atoms with Gasteiger partial charge >= 0.3 is 0 Å². The molecule has 6 heteroatoms. The first-order chi connectivity index (χ1) is 13.2. The summed E-state index contributed by atoms with van der Waals surface area (Å²) in [5, 5.41) is 10.9. The molecule has 0 spiro atoms. The van der Waals surface area contributed by atoms with Gasteiger partial charge in [0.05, 0.1) is 15.9 Å². The number of nitro groups is 1. The summed E-state index contributed by atoms with van der Waals surface area (Å²) in [4.78, 5) is 12.5. The largest absolute Gasteiger partial charge is 0.459 e. The van der Waals surface area contributed by atoms with Crippen molar-refractivity contribution in [3.63, 3.8) is 0 Å². The van der Waals surface area contributed by atoms with Gasteiger partial charge in [-0.2, -0.15) is 0 Å². The molecular formula is C21H19NO4S. The highest BCUT2D eigenvalue weighted by molar-refractivity contribution is 7.99. The second-order valence-corrected chi connectivity index (χ2v) is 7.52. The second-order valence-electron chi connectivity index (χ2n) is 6.43. The average Bonchev–Trinajstić information content (AvgIpc) is 3.07. The number of non-ortho nitro benzene ring substituents is 1. The molecule has 0 amide bonds. The summed E-state index contributed by atoms with van der Waals surface area (Å²) >= 11 is 1.57. The number of nitrogens with zero attached hydrogens (tertiary/aromatic N) is 1. The fourth-order valence-electron chi connectivity index (χ4n) is 3.45. The lowest BCUT2D eigenvalue weighted by molar-refractivity contribution is -0.384. The molecule has 1 atom stereocenters. The van der Waals surface area contributed by atoms with Crippen LogP contribution in [0.15, 0.2) is 68.8 Å². The van der Waals surface area contributed by atoms with Gasteiger partial charge in [-0.05, 0) is 25.0 Å². The highest BCUT2D eigenvalue weighted by atomic mass is 32.2. The quantitative estimate of drug-likeness (QED) is 0.399. The predicted octanol–water partition coefficient (Wildman–Crippen LogP) is 6.03. The minimum absolute atomic E-state index is 0.00973. The van der Waals surface area contributed by atoms with Crippen molar-refractivity contribution in [3.8, 4) is 11.3 Å². The van der Waals surface area contributed by atoms with Gasteiger partial charge in [-0.15, -0.1) is 0 Å². The number of aryl methyl sites for hydroxylation is 1. The third-order valence-corrected chi connectivity index (χ3v) is 5.87. The number of fused-ring (bicyclic) bond motifs is 1. The van der Waals surface area contributed by atoms with Crippen LogP contribution in [-0.4, -0.2) is 12.0 Å². The Bertz CT molecular complexity index is 950. The first-order valence-electron chi connectivity index (χ1n) is 8.83. The normalized spacial score (nSPS) is 16.1. The molecule has 1 unspecified atom stereocenters. The first kappa shape index (κ1) is 17.8. The number of hydrogen-bond acceptors (Lipinski definition) is 5. The Morgan fingerprint density at radius 3 is 2.56 bits per heavy atom. The van der Waals surface area contributed by atoms with Crippen molar-refractivity contribution in [1.82, 2.24) is 0 Å². The lowest BCUT2D eigenvalue weighted by Crippen LogP contribution is -2.10. The van der Waals surface area contributed by atoms with Crippen LogP contribution < -0.4 is 0 Å². The van der Waals surface area contributed by atoms with E-state index in [9.17, 15) is 10.1 Å². The van der Waals surface area contributed by atoms with E-state index in [4.69, 9.17) is 9.15 Å². The summed E-state index contributed by atoms with van der Waals surface area (Å²) in [7, 11) is 1.73. The molecule has 138 valence electrons. The molecule has 5 nitrogen and oxygen atoms in total.